The third kappa shape index (κ3) is 7.15. The second-order valence-electron chi connectivity index (χ2n) is 20.1. The van der Waals surface area contributed by atoms with Crippen LogP contribution in [0.25, 0.3) is 0 Å². The summed E-state index contributed by atoms with van der Waals surface area (Å²) in [5.41, 5.74) is -1.67. The quantitative estimate of drug-likeness (QED) is 0.0763. The van der Waals surface area contributed by atoms with Crippen LogP contribution in [0.15, 0.2) is 34.9 Å². The molecule has 1 heterocycles. The van der Waals surface area contributed by atoms with Crippen LogP contribution in [0.4, 0.5) is 0 Å². The molecule has 1 saturated heterocycles. The number of hydrogen-bond acceptors (Lipinski definition) is 13. The first-order valence-electron chi connectivity index (χ1n) is 21.4. The Morgan fingerprint density at radius 2 is 1.47 bits per heavy atom. The minimum Gasteiger partial charge on any atom is -0.479 e. The first-order chi connectivity index (χ1) is 27.5. The highest BCUT2D eigenvalue weighted by atomic mass is 16.7. The molecule has 0 bridgehead atoms. The number of aliphatic hydroxyl groups excluding tert-OH is 6. The van der Waals surface area contributed by atoms with Gasteiger partial charge in [0.2, 0.25) is 0 Å². The largest absolute Gasteiger partial charge is 0.479 e. The van der Waals surface area contributed by atoms with E-state index in [0.717, 1.165) is 12.0 Å². The lowest BCUT2D eigenvalue weighted by molar-refractivity contribution is -0.327. The zero-order valence-electron chi connectivity index (χ0n) is 36.1. The lowest BCUT2D eigenvalue weighted by Crippen LogP contribution is -2.70. The highest BCUT2D eigenvalue weighted by molar-refractivity contribution is 5.88. The molecule has 1 aliphatic heterocycles. The molecule has 2 unspecified atom stereocenters. The molecule has 7 N–H and O–H groups in total. The fourth-order valence-corrected chi connectivity index (χ4v) is 13.0. The SMILES string of the molecule is C/C=C(\C)C(=O)OC[C@@]12C(CC(C)(C)[C@@H](OC(=O)/C(C)=C/C)[C@@H]1O)C1=CC[C@H]3[C@@](C)(CCC4[C@](C)(CO)[C@@H](O[C@@H]5O[C@H](C(=O)O)[C@@H](O)[C@H](O)[C@H]5O)CC[C@@]43C)[C@@H]1C[C@@H]2O. The van der Waals surface area contributed by atoms with Gasteiger partial charge in [-0.2, -0.15) is 0 Å². The topological polar surface area (TPSA) is 230 Å². The van der Waals surface area contributed by atoms with Crippen LogP contribution in [0.5, 0.6) is 0 Å². The summed E-state index contributed by atoms with van der Waals surface area (Å²) in [7, 11) is 0. The van der Waals surface area contributed by atoms with Crippen molar-refractivity contribution in [3.05, 3.63) is 34.9 Å². The summed E-state index contributed by atoms with van der Waals surface area (Å²) in [6.07, 6.45) is -3.30. The van der Waals surface area contributed by atoms with Crippen molar-refractivity contribution in [2.45, 2.75) is 162 Å². The van der Waals surface area contributed by atoms with Crippen molar-refractivity contribution in [2.24, 2.45) is 50.7 Å². The number of rotatable bonds is 9. The van der Waals surface area contributed by atoms with Gasteiger partial charge in [0.05, 0.1) is 24.2 Å². The zero-order chi connectivity index (χ0) is 43.8. The van der Waals surface area contributed by atoms with Crippen molar-refractivity contribution >= 4 is 17.9 Å². The third-order valence-corrected chi connectivity index (χ3v) is 16.7. The molecule has 5 fully saturated rings. The molecule has 6 rings (SSSR count). The molecule has 59 heavy (non-hydrogen) atoms. The molecule has 0 spiro atoms. The Kier molecular flexibility index (Phi) is 12.6. The molecule has 0 amide bonds. The smallest absolute Gasteiger partial charge is 0.335 e. The Hall–Kier alpha value is -2.69. The maximum atomic E-state index is 13.2. The molecule has 14 nitrogen and oxygen atoms in total. The number of allylic oxidation sites excluding steroid dienone is 4. The van der Waals surface area contributed by atoms with Gasteiger partial charge in [-0.25, -0.2) is 14.4 Å². The van der Waals surface area contributed by atoms with Gasteiger partial charge in [-0.05, 0) is 107 Å². The average molecular weight is 833 g/mol. The van der Waals surface area contributed by atoms with Crippen molar-refractivity contribution in [2.75, 3.05) is 13.2 Å². The van der Waals surface area contributed by atoms with Gasteiger partial charge in [0.1, 0.15) is 37.1 Å². The molecule has 0 radical (unpaired) electrons. The summed E-state index contributed by atoms with van der Waals surface area (Å²) in [5, 5.41) is 77.4. The summed E-state index contributed by atoms with van der Waals surface area (Å²) in [4.78, 5) is 38.2. The van der Waals surface area contributed by atoms with Gasteiger partial charge < -0.3 is 54.7 Å². The molecule has 0 aromatic rings. The molecular formula is C45H68O14. The fraction of sp³-hybridized carbons (Fsp3) is 0.800. The standard InChI is InChI=1S/C45H68O14/c1-10-22(3)38(54)56-21-45-26(19-41(5,6)36(35(45)51)59-39(55)23(4)11-2)24-12-13-27-42(7,25(24)18-29(45)47)16-14-28-43(27,8)17-15-30(44(28,9)20-46)57-40-33(50)31(48)32(49)34(58-40)37(52)53/h10-12,25-36,40,46-51H,13-21H2,1-9H3,(H,52,53)/b22-10+,23-11+/t25-,26?,27+,28?,29+,30+,31+,32+,33-,34+,35+,36+,40-,42+,43-,44+,45+/m1/s1. The molecule has 4 saturated carbocycles. The normalized spacial score (nSPS) is 47.0. The van der Waals surface area contributed by atoms with E-state index in [1.807, 2.05) is 20.8 Å². The average Bonchev–Trinajstić information content (AvgIpc) is 3.19. The first-order valence-corrected chi connectivity index (χ1v) is 21.4. The van der Waals surface area contributed by atoms with Crippen LogP contribution in [-0.2, 0) is 33.3 Å². The monoisotopic (exact) mass is 832 g/mol. The maximum absolute atomic E-state index is 13.2. The number of aliphatic hydroxyl groups is 6. The fourth-order valence-electron chi connectivity index (χ4n) is 13.0. The Labute approximate surface area is 347 Å². The number of hydrogen-bond donors (Lipinski definition) is 7. The van der Waals surface area contributed by atoms with Crippen LogP contribution in [0.2, 0.25) is 0 Å². The molecule has 17 atom stereocenters. The Morgan fingerprint density at radius 3 is 2.08 bits per heavy atom. The van der Waals surface area contributed by atoms with Crippen LogP contribution in [0.3, 0.4) is 0 Å². The minimum absolute atomic E-state index is 0.0772. The summed E-state index contributed by atoms with van der Waals surface area (Å²) >= 11 is 0. The van der Waals surface area contributed by atoms with E-state index in [4.69, 9.17) is 18.9 Å². The van der Waals surface area contributed by atoms with E-state index in [2.05, 4.69) is 19.9 Å². The second kappa shape index (κ2) is 16.2. The van der Waals surface area contributed by atoms with Gasteiger partial charge >= 0.3 is 17.9 Å². The summed E-state index contributed by atoms with van der Waals surface area (Å²) < 4.78 is 23.8. The number of carbonyl (C=O) groups excluding carboxylic acids is 2. The summed E-state index contributed by atoms with van der Waals surface area (Å²) in [6.45, 7) is 16.7. The van der Waals surface area contributed by atoms with E-state index in [1.54, 1.807) is 39.8 Å². The first kappa shape index (κ1) is 45.8. The van der Waals surface area contributed by atoms with Crippen LogP contribution in [0.1, 0.15) is 107 Å². The molecule has 332 valence electrons. The van der Waals surface area contributed by atoms with E-state index < -0.39 is 95.2 Å². The van der Waals surface area contributed by atoms with Crippen LogP contribution in [0, 0.1) is 50.7 Å². The lowest BCUT2D eigenvalue weighted by Gasteiger charge is -2.69. The number of esters is 2. The number of carbonyl (C=O) groups is 3. The predicted molar refractivity (Wildman–Crippen MR) is 213 cm³/mol. The molecular weight excluding hydrogens is 764 g/mol. The Bertz CT molecular complexity index is 1740. The molecule has 0 aromatic heterocycles. The third-order valence-electron chi connectivity index (χ3n) is 16.7. The Morgan fingerprint density at radius 1 is 0.847 bits per heavy atom. The van der Waals surface area contributed by atoms with Gasteiger partial charge in [0.15, 0.2) is 12.4 Å². The number of ether oxygens (including phenoxy) is 4. The van der Waals surface area contributed by atoms with Crippen molar-refractivity contribution in [1.82, 2.24) is 0 Å². The van der Waals surface area contributed by atoms with Crippen LogP contribution in [-0.4, -0.2) is 122 Å². The second-order valence-corrected chi connectivity index (χ2v) is 20.1. The lowest BCUT2D eigenvalue weighted by atomic mass is 9.36. The number of carboxylic acid groups (broad SMARTS) is 1. The van der Waals surface area contributed by atoms with Gasteiger partial charge in [-0.1, -0.05) is 58.4 Å². The van der Waals surface area contributed by atoms with Gasteiger partial charge in [0, 0.05) is 22.0 Å². The van der Waals surface area contributed by atoms with Crippen molar-refractivity contribution in [1.29, 1.82) is 0 Å². The summed E-state index contributed by atoms with van der Waals surface area (Å²) in [5.74, 6) is -3.07. The van der Waals surface area contributed by atoms with Crippen molar-refractivity contribution in [3.63, 3.8) is 0 Å². The van der Waals surface area contributed by atoms with E-state index in [9.17, 15) is 50.1 Å². The zero-order valence-corrected chi connectivity index (χ0v) is 36.1. The number of fused-ring (bicyclic) bond motifs is 7. The van der Waals surface area contributed by atoms with Crippen molar-refractivity contribution in [3.8, 4) is 0 Å². The van der Waals surface area contributed by atoms with E-state index in [1.165, 1.54) is 0 Å². The highest BCUT2D eigenvalue weighted by Gasteiger charge is 2.70. The highest BCUT2D eigenvalue weighted by Crippen LogP contribution is 2.72. The van der Waals surface area contributed by atoms with Crippen LogP contribution >= 0.6 is 0 Å². The van der Waals surface area contributed by atoms with Gasteiger partial charge in [0.25, 0.3) is 0 Å². The van der Waals surface area contributed by atoms with Gasteiger partial charge in [-0.15, -0.1) is 0 Å². The van der Waals surface area contributed by atoms with E-state index in [-0.39, 0.29) is 41.8 Å². The van der Waals surface area contributed by atoms with Gasteiger partial charge in [-0.3, -0.25) is 0 Å². The summed E-state index contributed by atoms with van der Waals surface area (Å²) in [6, 6.07) is 0. The predicted octanol–water partition coefficient (Wildman–Crippen LogP) is 3.59. The maximum Gasteiger partial charge on any atom is 0.335 e. The number of carboxylic acids is 1. The Balaban J connectivity index is 1.34. The molecule has 6 aliphatic rings. The molecule has 5 aliphatic carbocycles. The minimum atomic E-state index is -1.85. The molecule has 0 aromatic carbocycles. The van der Waals surface area contributed by atoms with Crippen LogP contribution < -0.4 is 0 Å². The van der Waals surface area contributed by atoms with E-state index in [0.29, 0.717) is 49.7 Å². The number of aliphatic carboxylic acids is 1. The molecule has 14 heteroatoms. The van der Waals surface area contributed by atoms with Crippen molar-refractivity contribution < 1.29 is 69.1 Å². The van der Waals surface area contributed by atoms with E-state index >= 15 is 0 Å².